The Kier molecular flexibility index (Phi) is 4.61. The molecule has 0 radical (unpaired) electrons. The molecule has 2 aromatic rings. The zero-order valence-corrected chi connectivity index (χ0v) is 11.8. The fourth-order valence-electron chi connectivity index (χ4n) is 1.53. The molecular formula is C14H11BrClFO. The molecule has 2 aromatic carbocycles. The summed E-state index contributed by atoms with van der Waals surface area (Å²) in [6.07, 6.45) is 0. The van der Waals surface area contributed by atoms with Gasteiger partial charge < -0.3 is 4.74 Å². The highest BCUT2D eigenvalue weighted by Crippen LogP contribution is 2.23. The minimum absolute atomic E-state index is 0.261. The number of ether oxygens (including phenoxy) is 1. The Morgan fingerprint density at radius 1 is 1.11 bits per heavy atom. The molecule has 0 saturated heterocycles. The van der Waals surface area contributed by atoms with Crippen LogP contribution in [0.15, 0.2) is 42.5 Å². The van der Waals surface area contributed by atoms with Gasteiger partial charge in [-0.25, -0.2) is 4.39 Å². The smallest absolute Gasteiger partial charge is 0.124 e. The molecule has 4 heteroatoms. The monoisotopic (exact) mass is 328 g/mol. The first-order chi connectivity index (χ1) is 8.69. The van der Waals surface area contributed by atoms with Crippen LogP contribution in [0.5, 0.6) is 5.75 Å². The first kappa shape index (κ1) is 13.4. The summed E-state index contributed by atoms with van der Waals surface area (Å²) in [6, 6.07) is 11.9. The fourth-order valence-corrected chi connectivity index (χ4v) is 2.10. The van der Waals surface area contributed by atoms with Crippen LogP contribution in [0.25, 0.3) is 0 Å². The number of halogens is 3. The minimum Gasteiger partial charge on any atom is -0.489 e. The van der Waals surface area contributed by atoms with Gasteiger partial charge in [-0.05, 0) is 35.9 Å². The van der Waals surface area contributed by atoms with Crippen molar-refractivity contribution >= 4 is 27.5 Å². The summed E-state index contributed by atoms with van der Waals surface area (Å²) in [5.41, 5.74) is 1.81. The molecule has 18 heavy (non-hydrogen) atoms. The lowest BCUT2D eigenvalue weighted by molar-refractivity contribution is 0.303. The second-order valence-electron chi connectivity index (χ2n) is 3.80. The van der Waals surface area contributed by atoms with Crippen molar-refractivity contribution in [3.63, 3.8) is 0 Å². The molecule has 0 aliphatic heterocycles. The topological polar surface area (TPSA) is 9.23 Å². The largest absolute Gasteiger partial charge is 0.489 e. The molecule has 0 saturated carbocycles. The Morgan fingerprint density at radius 3 is 2.50 bits per heavy atom. The highest BCUT2D eigenvalue weighted by Gasteiger charge is 2.04. The van der Waals surface area contributed by atoms with E-state index in [0.717, 1.165) is 11.1 Å². The first-order valence-corrected chi connectivity index (χ1v) is 6.90. The van der Waals surface area contributed by atoms with Crippen LogP contribution in [0, 0.1) is 5.82 Å². The lowest BCUT2D eigenvalue weighted by Crippen LogP contribution is -1.98. The van der Waals surface area contributed by atoms with Gasteiger partial charge in [0, 0.05) is 15.9 Å². The predicted octanol–water partition coefficient (Wildman–Crippen LogP) is 4.95. The van der Waals surface area contributed by atoms with E-state index in [0.29, 0.717) is 22.7 Å². The number of alkyl halides is 1. The lowest BCUT2D eigenvalue weighted by atomic mass is 10.2. The standard InChI is InChI=1S/C14H11BrClFO/c15-8-11-7-13(17)5-6-14(11)18-9-10-1-3-12(16)4-2-10/h1-7H,8-9H2. The maximum absolute atomic E-state index is 13.1. The molecule has 0 aliphatic carbocycles. The first-order valence-electron chi connectivity index (χ1n) is 5.40. The average Bonchev–Trinajstić information content (AvgIpc) is 2.39. The van der Waals surface area contributed by atoms with Crippen molar-refractivity contribution < 1.29 is 9.13 Å². The van der Waals surface area contributed by atoms with Crippen LogP contribution in [0.1, 0.15) is 11.1 Å². The normalized spacial score (nSPS) is 10.4. The Morgan fingerprint density at radius 2 is 1.83 bits per heavy atom. The van der Waals surface area contributed by atoms with Crippen LogP contribution in [-0.2, 0) is 11.9 Å². The lowest BCUT2D eigenvalue weighted by Gasteiger charge is -2.10. The van der Waals surface area contributed by atoms with E-state index in [1.54, 1.807) is 6.07 Å². The van der Waals surface area contributed by atoms with Crippen molar-refractivity contribution in [1.82, 2.24) is 0 Å². The summed E-state index contributed by atoms with van der Waals surface area (Å²) < 4.78 is 18.7. The second kappa shape index (κ2) is 6.21. The number of rotatable bonds is 4. The third kappa shape index (κ3) is 3.47. The molecule has 94 valence electrons. The van der Waals surface area contributed by atoms with Gasteiger partial charge in [0.15, 0.2) is 0 Å². The van der Waals surface area contributed by atoms with Gasteiger partial charge in [-0.1, -0.05) is 39.7 Å². The van der Waals surface area contributed by atoms with E-state index in [2.05, 4.69) is 15.9 Å². The quantitative estimate of drug-likeness (QED) is 0.721. The molecule has 1 nitrogen and oxygen atoms in total. The summed E-state index contributed by atoms with van der Waals surface area (Å²) in [6.45, 7) is 0.433. The van der Waals surface area contributed by atoms with Gasteiger partial charge in [0.2, 0.25) is 0 Å². The van der Waals surface area contributed by atoms with Crippen LogP contribution in [0.2, 0.25) is 5.02 Å². The van der Waals surface area contributed by atoms with Gasteiger partial charge in [-0.2, -0.15) is 0 Å². The average molecular weight is 330 g/mol. The second-order valence-corrected chi connectivity index (χ2v) is 4.80. The highest BCUT2D eigenvalue weighted by atomic mass is 79.9. The van der Waals surface area contributed by atoms with Gasteiger partial charge in [-0.15, -0.1) is 0 Å². The zero-order valence-electron chi connectivity index (χ0n) is 9.50. The molecule has 0 aromatic heterocycles. The molecule has 0 unspecified atom stereocenters. The minimum atomic E-state index is -0.261. The van der Waals surface area contributed by atoms with Crippen molar-refractivity contribution in [2.24, 2.45) is 0 Å². The van der Waals surface area contributed by atoms with E-state index in [1.165, 1.54) is 12.1 Å². The van der Waals surface area contributed by atoms with Crippen molar-refractivity contribution in [2.75, 3.05) is 0 Å². The summed E-state index contributed by atoms with van der Waals surface area (Å²) in [5.74, 6) is 0.423. The van der Waals surface area contributed by atoms with Gasteiger partial charge in [0.1, 0.15) is 18.2 Å². The Balaban J connectivity index is 2.08. The van der Waals surface area contributed by atoms with Gasteiger partial charge >= 0.3 is 0 Å². The summed E-state index contributed by atoms with van der Waals surface area (Å²) >= 11 is 9.12. The molecule has 0 aliphatic rings. The Hall–Kier alpha value is -1.06. The zero-order chi connectivity index (χ0) is 13.0. The van der Waals surface area contributed by atoms with Crippen LogP contribution < -0.4 is 4.74 Å². The fraction of sp³-hybridized carbons (Fsp3) is 0.143. The van der Waals surface area contributed by atoms with Crippen LogP contribution in [0.3, 0.4) is 0 Å². The van der Waals surface area contributed by atoms with E-state index < -0.39 is 0 Å². The van der Waals surface area contributed by atoms with Gasteiger partial charge in [-0.3, -0.25) is 0 Å². The summed E-state index contributed by atoms with van der Waals surface area (Å²) in [5, 5.41) is 1.25. The van der Waals surface area contributed by atoms with E-state index in [-0.39, 0.29) is 5.82 Å². The molecule has 0 amide bonds. The third-order valence-corrected chi connectivity index (χ3v) is 3.33. The number of hydrogen-bond acceptors (Lipinski definition) is 1. The van der Waals surface area contributed by atoms with Crippen LogP contribution in [-0.4, -0.2) is 0 Å². The summed E-state index contributed by atoms with van der Waals surface area (Å²) in [4.78, 5) is 0. The van der Waals surface area contributed by atoms with Crippen molar-refractivity contribution in [2.45, 2.75) is 11.9 Å². The maximum Gasteiger partial charge on any atom is 0.124 e. The molecule has 0 spiro atoms. The van der Waals surface area contributed by atoms with Crippen molar-refractivity contribution in [3.05, 3.63) is 64.4 Å². The number of hydrogen-bond donors (Lipinski definition) is 0. The van der Waals surface area contributed by atoms with Crippen LogP contribution in [0.4, 0.5) is 4.39 Å². The maximum atomic E-state index is 13.1. The van der Waals surface area contributed by atoms with E-state index in [1.807, 2.05) is 24.3 Å². The van der Waals surface area contributed by atoms with E-state index in [4.69, 9.17) is 16.3 Å². The van der Waals surface area contributed by atoms with E-state index >= 15 is 0 Å². The molecule has 0 atom stereocenters. The SMILES string of the molecule is Fc1ccc(OCc2ccc(Cl)cc2)c(CBr)c1. The third-order valence-electron chi connectivity index (χ3n) is 2.47. The predicted molar refractivity (Wildman–Crippen MR) is 74.8 cm³/mol. The number of benzene rings is 2. The molecule has 0 fully saturated rings. The molecule has 0 heterocycles. The Bertz CT molecular complexity index is 528. The van der Waals surface area contributed by atoms with Gasteiger partial charge in [0.05, 0.1) is 0 Å². The van der Waals surface area contributed by atoms with Crippen molar-refractivity contribution in [3.8, 4) is 5.75 Å². The molecule has 0 N–H and O–H groups in total. The summed E-state index contributed by atoms with van der Waals surface area (Å²) in [7, 11) is 0. The van der Waals surface area contributed by atoms with E-state index in [9.17, 15) is 4.39 Å². The van der Waals surface area contributed by atoms with Crippen LogP contribution >= 0.6 is 27.5 Å². The molecular weight excluding hydrogens is 319 g/mol. The molecule has 2 rings (SSSR count). The Labute approximate surface area is 119 Å². The highest BCUT2D eigenvalue weighted by molar-refractivity contribution is 9.08. The van der Waals surface area contributed by atoms with Gasteiger partial charge in [0.25, 0.3) is 0 Å². The van der Waals surface area contributed by atoms with Crippen molar-refractivity contribution in [1.29, 1.82) is 0 Å². The molecule has 0 bridgehead atoms.